The van der Waals surface area contributed by atoms with E-state index in [-0.39, 0.29) is 18.1 Å². The van der Waals surface area contributed by atoms with E-state index in [4.69, 9.17) is 11.5 Å². The molecule has 1 unspecified atom stereocenters. The predicted octanol–water partition coefficient (Wildman–Crippen LogP) is 1.31. The van der Waals surface area contributed by atoms with Crippen molar-refractivity contribution in [3.63, 3.8) is 0 Å². The molecule has 4 rings (SSSR count). The van der Waals surface area contributed by atoms with E-state index in [1.165, 1.54) is 23.3 Å². The quantitative estimate of drug-likeness (QED) is 0.689. The van der Waals surface area contributed by atoms with Crippen molar-refractivity contribution < 1.29 is 9.90 Å². The average molecular weight is 379 g/mol. The summed E-state index contributed by atoms with van der Waals surface area (Å²) in [5.41, 5.74) is 15.5. The molecule has 7 nitrogen and oxygen atoms in total. The van der Waals surface area contributed by atoms with Crippen molar-refractivity contribution in [1.29, 1.82) is 0 Å². The van der Waals surface area contributed by atoms with E-state index in [0.717, 1.165) is 32.4 Å². The van der Waals surface area contributed by atoms with Gasteiger partial charge in [-0.15, -0.1) is 0 Å². The number of carbonyl (C=O) groups is 1. The lowest BCUT2D eigenvalue weighted by molar-refractivity contribution is -0.113. The highest BCUT2D eigenvalue weighted by Crippen LogP contribution is 2.50. The van der Waals surface area contributed by atoms with Crippen LogP contribution in [0.3, 0.4) is 0 Å². The highest BCUT2D eigenvalue weighted by atomic mass is 16.3. The van der Waals surface area contributed by atoms with Crippen LogP contribution < -0.4 is 16.4 Å². The molecule has 146 valence electrons. The summed E-state index contributed by atoms with van der Waals surface area (Å²) in [4.78, 5) is 22.0. The number of aliphatic hydroxyl groups is 1. The van der Waals surface area contributed by atoms with Crippen LogP contribution in [0.2, 0.25) is 0 Å². The highest BCUT2D eigenvalue weighted by Gasteiger charge is 2.46. The molecule has 0 bridgehead atoms. The van der Waals surface area contributed by atoms with E-state index in [2.05, 4.69) is 39.1 Å². The van der Waals surface area contributed by atoms with Gasteiger partial charge < -0.3 is 21.5 Å². The lowest BCUT2D eigenvalue weighted by atomic mass is 9.73. The minimum absolute atomic E-state index is 0.0653. The molecule has 28 heavy (non-hydrogen) atoms. The van der Waals surface area contributed by atoms with Gasteiger partial charge in [0, 0.05) is 25.2 Å². The fourth-order valence-electron chi connectivity index (χ4n) is 4.52. The van der Waals surface area contributed by atoms with Crippen molar-refractivity contribution in [2.24, 2.45) is 16.9 Å². The number of benzene rings is 1. The van der Waals surface area contributed by atoms with Gasteiger partial charge in [-0.25, -0.2) is 9.97 Å². The number of piperidine rings is 1. The summed E-state index contributed by atoms with van der Waals surface area (Å²) < 4.78 is 0. The van der Waals surface area contributed by atoms with Gasteiger partial charge in [-0.3, -0.25) is 4.79 Å². The van der Waals surface area contributed by atoms with E-state index in [1.54, 1.807) is 6.20 Å². The Labute approximate surface area is 164 Å². The number of carbonyl (C=O) groups excluding carboxylic acids is 1. The molecule has 1 aliphatic heterocycles. The maximum absolute atomic E-state index is 10.9. The third-order valence-electron chi connectivity index (χ3n) is 6.06. The monoisotopic (exact) mass is 379 g/mol. The maximum Gasteiger partial charge on any atom is 0.241 e. The van der Waals surface area contributed by atoms with E-state index in [9.17, 15) is 9.90 Å². The molecule has 1 aromatic heterocycles. The summed E-state index contributed by atoms with van der Waals surface area (Å²) in [6.45, 7) is 1.42. The third kappa shape index (κ3) is 3.27. The topological polar surface area (TPSA) is 118 Å². The van der Waals surface area contributed by atoms with Gasteiger partial charge in [0.1, 0.15) is 5.69 Å². The molecule has 1 fully saturated rings. The molecule has 0 saturated carbocycles. The number of nitrogens with zero attached hydrogens (tertiary/aromatic N) is 3. The molecule has 1 aromatic carbocycles. The van der Waals surface area contributed by atoms with Crippen LogP contribution in [-0.4, -0.2) is 34.1 Å². The van der Waals surface area contributed by atoms with Crippen molar-refractivity contribution in [2.45, 2.75) is 31.9 Å². The van der Waals surface area contributed by atoms with Crippen LogP contribution in [0.5, 0.6) is 0 Å². The zero-order valence-corrected chi connectivity index (χ0v) is 15.7. The minimum Gasteiger partial charge on any atom is -0.390 e. The van der Waals surface area contributed by atoms with Gasteiger partial charge in [-0.1, -0.05) is 24.3 Å². The van der Waals surface area contributed by atoms with E-state index >= 15 is 0 Å². The van der Waals surface area contributed by atoms with Crippen LogP contribution in [-0.2, 0) is 17.8 Å². The Kier molecular flexibility index (Phi) is 4.87. The molecule has 1 atom stereocenters. The summed E-state index contributed by atoms with van der Waals surface area (Å²) in [6, 6.07) is 8.54. The fourth-order valence-corrected chi connectivity index (χ4v) is 4.52. The Morgan fingerprint density at radius 3 is 2.75 bits per heavy atom. The number of rotatable bonds is 4. The number of amides is 1. The second kappa shape index (κ2) is 7.33. The van der Waals surface area contributed by atoms with Crippen molar-refractivity contribution in [1.82, 2.24) is 9.97 Å². The summed E-state index contributed by atoms with van der Waals surface area (Å²) in [7, 11) is 0. The first-order chi connectivity index (χ1) is 13.5. The van der Waals surface area contributed by atoms with Crippen molar-refractivity contribution >= 4 is 17.8 Å². The molecular weight excluding hydrogens is 354 g/mol. The first kappa shape index (κ1) is 18.6. The number of aliphatic hydroxyl groups excluding tert-OH is 1. The second-order valence-electron chi connectivity index (χ2n) is 7.66. The van der Waals surface area contributed by atoms with Gasteiger partial charge in [-0.2, -0.15) is 0 Å². The van der Waals surface area contributed by atoms with Crippen molar-refractivity contribution in [3.05, 3.63) is 59.1 Å². The summed E-state index contributed by atoms with van der Waals surface area (Å²) in [5.74, 6) is 0.143. The summed E-state index contributed by atoms with van der Waals surface area (Å²) in [5, 5.41) is 9.75. The number of hydrogen-bond donors (Lipinski definition) is 3. The van der Waals surface area contributed by atoms with Crippen LogP contribution in [0, 0.1) is 5.41 Å². The Bertz CT molecular complexity index is 919. The molecule has 1 amide bonds. The normalized spacial score (nSPS) is 20.6. The zero-order valence-electron chi connectivity index (χ0n) is 15.7. The number of aromatic nitrogens is 2. The first-order valence-electron chi connectivity index (χ1n) is 9.55. The zero-order chi connectivity index (χ0) is 19.7. The molecule has 1 saturated heterocycles. The van der Waals surface area contributed by atoms with E-state index in [0.29, 0.717) is 17.2 Å². The largest absolute Gasteiger partial charge is 0.390 e. The molecule has 5 N–H and O–H groups in total. The Hall–Kier alpha value is -2.77. The van der Waals surface area contributed by atoms with Crippen molar-refractivity contribution in [2.75, 3.05) is 18.0 Å². The second-order valence-corrected chi connectivity index (χ2v) is 7.66. The molecule has 2 heterocycles. The molecule has 7 heteroatoms. The minimum atomic E-state index is -0.549. The highest BCUT2D eigenvalue weighted by molar-refractivity contribution is 5.89. The smallest absolute Gasteiger partial charge is 0.241 e. The van der Waals surface area contributed by atoms with E-state index in [1.807, 2.05) is 0 Å². The van der Waals surface area contributed by atoms with Crippen LogP contribution in [0.4, 0.5) is 5.82 Å². The average Bonchev–Trinajstić information content (AvgIpc) is 2.98. The standard InChI is InChI=1S/C21H25N5O2/c22-18(28)6-5-15-12-24-20(17(13-27)25-15)26-9-7-21(8-10-26)11-14-3-1-2-4-16(14)19(21)23/h1-6,12,19,27H,7-11,13,23H2,(H2,22,28). The van der Waals surface area contributed by atoms with Gasteiger partial charge in [-0.05, 0) is 41.9 Å². The number of nitrogens with two attached hydrogens (primary N) is 2. The van der Waals surface area contributed by atoms with Gasteiger partial charge in [0.15, 0.2) is 5.82 Å². The summed E-state index contributed by atoms with van der Waals surface area (Å²) in [6.07, 6.45) is 7.29. The number of fused-ring (bicyclic) bond motifs is 1. The molecule has 2 aliphatic rings. The number of hydrogen-bond acceptors (Lipinski definition) is 6. The first-order valence-corrected chi connectivity index (χ1v) is 9.55. The molecule has 0 radical (unpaired) electrons. The maximum atomic E-state index is 10.9. The van der Waals surface area contributed by atoms with Crippen molar-refractivity contribution in [3.8, 4) is 0 Å². The Balaban J connectivity index is 1.51. The Morgan fingerprint density at radius 2 is 2.07 bits per heavy atom. The molecule has 1 spiro atoms. The fraction of sp³-hybridized carbons (Fsp3) is 0.381. The lowest BCUT2D eigenvalue weighted by Crippen LogP contribution is -2.45. The number of primary amides is 1. The lowest BCUT2D eigenvalue weighted by Gasteiger charge is -2.42. The van der Waals surface area contributed by atoms with Gasteiger partial charge >= 0.3 is 0 Å². The molecule has 1 aliphatic carbocycles. The predicted molar refractivity (Wildman–Crippen MR) is 107 cm³/mol. The van der Waals surface area contributed by atoms with Gasteiger partial charge in [0.05, 0.1) is 18.5 Å². The third-order valence-corrected chi connectivity index (χ3v) is 6.06. The Morgan fingerprint density at radius 1 is 1.32 bits per heavy atom. The SMILES string of the molecule is NC(=O)C=Cc1cnc(N2CCC3(CC2)Cc2ccccc2C3N)c(CO)n1. The summed E-state index contributed by atoms with van der Waals surface area (Å²) >= 11 is 0. The molecule has 2 aromatic rings. The van der Waals surface area contributed by atoms with Crippen LogP contribution >= 0.6 is 0 Å². The van der Waals surface area contributed by atoms with Gasteiger partial charge in [0.25, 0.3) is 0 Å². The van der Waals surface area contributed by atoms with Crippen LogP contribution in [0.15, 0.2) is 36.5 Å². The van der Waals surface area contributed by atoms with Gasteiger partial charge in [0.2, 0.25) is 5.91 Å². The van der Waals surface area contributed by atoms with Crippen LogP contribution in [0.25, 0.3) is 6.08 Å². The van der Waals surface area contributed by atoms with Crippen LogP contribution in [0.1, 0.15) is 41.4 Å². The van der Waals surface area contributed by atoms with E-state index < -0.39 is 5.91 Å². The molecular formula is C21H25N5O2. The number of anilines is 1.